The van der Waals surface area contributed by atoms with Crippen molar-refractivity contribution in [3.8, 4) is 0 Å². The number of thiazole rings is 1. The van der Waals surface area contributed by atoms with E-state index in [0.29, 0.717) is 0 Å². The van der Waals surface area contributed by atoms with Crippen LogP contribution in [-0.4, -0.2) is 17.0 Å². The van der Waals surface area contributed by atoms with Crippen LogP contribution in [0.25, 0.3) is 0 Å². The second-order valence-corrected chi connectivity index (χ2v) is 5.44. The summed E-state index contributed by atoms with van der Waals surface area (Å²) in [7, 11) is 1.87. The van der Waals surface area contributed by atoms with E-state index in [9.17, 15) is 0 Å². The first-order valence-corrected chi connectivity index (χ1v) is 6.77. The summed E-state index contributed by atoms with van der Waals surface area (Å²) in [6.45, 7) is 6.22. The summed E-state index contributed by atoms with van der Waals surface area (Å²) in [6, 6.07) is 6.12. The lowest BCUT2D eigenvalue weighted by Crippen LogP contribution is -2.08. The van der Waals surface area contributed by atoms with Gasteiger partial charge in [-0.3, -0.25) is 0 Å². The molecule has 0 bridgehead atoms. The van der Waals surface area contributed by atoms with Gasteiger partial charge in [0.1, 0.15) is 11.6 Å². The van der Waals surface area contributed by atoms with Gasteiger partial charge in [0.05, 0.1) is 16.7 Å². The number of aryl methyl sites for hydroxylation is 2. The molecule has 0 aliphatic heterocycles. The van der Waals surface area contributed by atoms with Gasteiger partial charge >= 0.3 is 0 Å². The number of rotatable bonds is 4. The Bertz CT molecular complexity index is 536. The maximum Gasteiger partial charge on any atom is 0.128 e. The zero-order valence-corrected chi connectivity index (χ0v) is 11.9. The van der Waals surface area contributed by atoms with Gasteiger partial charge in [-0.2, -0.15) is 0 Å². The van der Waals surface area contributed by atoms with E-state index >= 15 is 0 Å². The summed E-state index contributed by atoms with van der Waals surface area (Å²) >= 11 is 1.73. The highest BCUT2D eigenvalue weighted by Gasteiger charge is 2.13. The van der Waals surface area contributed by atoms with Crippen LogP contribution in [0.3, 0.4) is 0 Å². The molecule has 0 saturated carbocycles. The molecular weight excluding hydrogens is 244 g/mol. The Kier molecular flexibility index (Phi) is 3.81. The smallest absolute Gasteiger partial charge is 0.128 e. The molecule has 0 aliphatic rings. The lowest BCUT2D eigenvalue weighted by atomic mass is 10.2. The van der Waals surface area contributed by atoms with E-state index in [1.54, 1.807) is 11.3 Å². The Labute approximate surface area is 111 Å². The molecule has 2 aromatic rings. The zero-order chi connectivity index (χ0) is 13.1. The van der Waals surface area contributed by atoms with Gasteiger partial charge in [0.15, 0.2) is 0 Å². The third-order valence-electron chi connectivity index (χ3n) is 2.70. The van der Waals surface area contributed by atoms with E-state index in [1.807, 2.05) is 32.2 Å². The van der Waals surface area contributed by atoms with Gasteiger partial charge in [0.2, 0.25) is 0 Å². The van der Waals surface area contributed by atoms with E-state index in [0.717, 1.165) is 22.3 Å². The molecule has 18 heavy (non-hydrogen) atoms. The van der Waals surface area contributed by atoms with Crippen molar-refractivity contribution in [1.29, 1.82) is 0 Å². The molecule has 0 spiro atoms. The van der Waals surface area contributed by atoms with Crippen molar-refractivity contribution < 1.29 is 0 Å². The summed E-state index contributed by atoms with van der Waals surface area (Å²) in [5.74, 6) is 1.74. The highest BCUT2D eigenvalue weighted by molar-refractivity contribution is 7.11. The molecule has 5 heteroatoms. The quantitative estimate of drug-likeness (QED) is 0.887. The van der Waals surface area contributed by atoms with Crippen LogP contribution < -0.4 is 10.6 Å². The predicted molar refractivity (Wildman–Crippen MR) is 77.4 cm³/mol. The molecule has 0 fully saturated rings. The topological polar surface area (TPSA) is 49.8 Å². The molecule has 0 aliphatic carbocycles. The fraction of sp³-hybridized carbons (Fsp3) is 0.385. The first-order valence-electron chi connectivity index (χ1n) is 5.95. The van der Waals surface area contributed by atoms with Crippen molar-refractivity contribution >= 4 is 23.0 Å². The first kappa shape index (κ1) is 12.8. The third-order valence-corrected chi connectivity index (χ3v) is 3.96. The molecule has 4 nitrogen and oxygen atoms in total. The van der Waals surface area contributed by atoms with Crippen molar-refractivity contribution in [2.75, 3.05) is 17.7 Å². The summed E-state index contributed by atoms with van der Waals surface area (Å²) in [4.78, 5) is 10.2. The van der Waals surface area contributed by atoms with Crippen LogP contribution >= 0.6 is 11.3 Å². The van der Waals surface area contributed by atoms with E-state index in [2.05, 4.69) is 34.4 Å². The summed E-state index contributed by atoms with van der Waals surface area (Å²) in [6.07, 6.45) is 0. The molecule has 0 aromatic carbocycles. The average molecular weight is 262 g/mol. The van der Waals surface area contributed by atoms with Gasteiger partial charge in [-0.1, -0.05) is 6.07 Å². The van der Waals surface area contributed by atoms with Crippen molar-refractivity contribution in [3.63, 3.8) is 0 Å². The lowest BCUT2D eigenvalue weighted by molar-refractivity contribution is 0.880. The maximum absolute atomic E-state index is 4.46. The normalized spacial score (nSPS) is 12.2. The van der Waals surface area contributed by atoms with Crippen LogP contribution in [0, 0.1) is 13.8 Å². The van der Waals surface area contributed by atoms with Crippen LogP contribution in [0.4, 0.5) is 11.6 Å². The van der Waals surface area contributed by atoms with Crippen LogP contribution in [0.5, 0.6) is 0 Å². The molecule has 96 valence electrons. The van der Waals surface area contributed by atoms with Gasteiger partial charge in [-0.05, 0) is 32.9 Å². The summed E-state index contributed by atoms with van der Waals surface area (Å²) < 4.78 is 0. The van der Waals surface area contributed by atoms with E-state index in [-0.39, 0.29) is 6.04 Å². The van der Waals surface area contributed by atoms with Crippen molar-refractivity contribution in [2.45, 2.75) is 26.8 Å². The Balaban J connectivity index is 2.15. The number of hydrogen-bond donors (Lipinski definition) is 2. The fourth-order valence-electron chi connectivity index (χ4n) is 1.89. The van der Waals surface area contributed by atoms with Gasteiger partial charge < -0.3 is 10.6 Å². The van der Waals surface area contributed by atoms with Crippen LogP contribution in [0.1, 0.15) is 28.5 Å². The molecule has 1 atom stereocenters. The Morgan fingerprint density at radius 1 is 1.17 bits per heavy atom. The number of pyridine rings is 1. The molecule has 0 radical (unpaired) electrons. The SMILES string of the molecule is CNc1cccc(NC(C)c2sc(C)nc2C)n1. The standard InChI is InChI=1S/C13H18N4S/c1-8-13(18-10(3)15-8)9(2)16-12-7-5-6-11(14-4)17-12/h5-7,9H,1-4H3,(H2,14,16,17). The van der Waals surface area contributed by atoms with Crippen LogP contribution in [0.2, 0.25) is 0 Å². The van der Waals surface area contributed by atoms with E-state index in [1.165, 1.54) is 4.88 Å². The van der Waals surface area contributed by atoms with Crippen LogP contribution in [-0.2, 0) is 0 Å². The van der Waals surface area contributed by atoms with Gasteiger partial charge in [-0.15, -0.1) is 11.3 Å². The average Bonchev–Trinajstić information content (AvgIpc) is 2.69. The largest absolute Gasteiger partial charge is 0.373 e. The lowest BCUT2D eigenvalue weighted by Gasteiger charge is -2.14. The van der Waals surface area contributed by atoms with Crippen LogP contribution in [0.15, 0.2) is 18.2 Å². The van der Waals surface area contributed by atoms with Gasteiger partial charge in [0.25, 0.3) is 0 Å². The number of nitrogens with one attached hydrogen (secondary N) is 2. The third kappa shape index (κ3) is 2.79. The Morgan fingerprint density at radius 3 is 2.50 bits per heavy atom. The molecule has 2 heterocycles. The Morgan fingerprint density at radius 2 is 1.89 bits per heavy atom. The molecule has 2 N–H and O–H groups in total. The minimum Gasteiger partial charge on any atom is -0.373 e. The van der Waals surface area contributed by atoms with Gasteiger partial charge in [-0.25, -0.2) is 9.97 Å². The molecule has 2 rings (SSSR count). The monoisotopic (exact) mass is 262 g/mol. The second-order valence-electron chi connectivity index (χ2n) is 4.21. The minimum absolute atomic E-state index is 0.218. The van der Waals surface area contributed by atoms with Crippen molar-refractivity contribution in [1.82, 2.24) is 9.97 Å². The molecule has 1 unspecified atom stereocenters. The van der Waals surface area contributed by atoms with E-state index < -0.39 is 0 Å². The molecule has 2 aromatic heterocycles. The highest BCUT2D eigenvalue weighted by Crippen LogP contribution is 2.27. The maximum atomic E-state index is 4.46. The first-order chi connectivity index (χ1) is 8.60. The summed E-state index contributed by atoms with van der Waals surface area (Å²) in [5.41, 5.74) is 1.10. The number of aromatic nitrogens is 2. The summed E-state index contributed by atoms with van der Waals surface area (Å²) in [5, 5.41) is 7.55. The molecular formula is C13H18N4S. The Hall–Kier alpha value is -1.62. The highest BCUT2D eigenvalue weighted by atomic mass is 32.1. The number of anilines is 2. The second kappa shape index (κ2) is 5.35. The zero-order valence-electron chi connectivity index (χ0n) is 11.1. The fourth-order valence-corrected chi connectivity index (χ4v) is 2.82. The van der Waals surface area contributed by atoms with Gasteiger partial charge in [0, 0.05) is 11.9 Å². The van der Waals surface area contributed by atoms with Crippen molar-refractivity contribution in [2.24, 2.45) is 0 Å². The molecule has 0 saturated heterocycles. The molecule has 0 amide bonds. The number of nitrogens with zero attached hydrogens (tertiary/aromatic N) is 2. The minimum atomic E-state index is 0.218. The predicted octanol–water partition coefficient (Wildman–Crippen LogP) is 3.37. The number of hydrogen-bond acceptors (Lipinski definition) is 5. The van der Waals surface area contributed by atoms with E-state index in [4.69, 9.17) is 0 Å². The van der Waals surface area contributed by atoms with Crippen molar-refractivity contribution in [3.05, 3.63) is 33.8 Å².